The first-order valence-corrected chi connectivity index (χ1v) is 18.1. The summed E-state index contributed by atoms with van der Waals surface area (Å²) < 4.78 is 14.0. The molecular formula is C36H53N5O6S. The molecule has 1 aromatic carbocycles. The molecule has 3 heterocycles. The third-order valence-corrected chi connectivity index (χ3v) is 10.8. The molecule has 2 aliphatic rings. The van der Waals surface area contributed by atoms with Gasteiger partial charge in [-0.25, -0.2) is 4.98 Å². The summed E-state index contributed by atoms with van der Waals surface area (Å²) in [5.74, 6) is -2.19. The fourth-order valence-corrected chi connectivity index (χ4v) is 7.45. The number of aliphatic carboxylic acids is 1. The molecule has 0 saturated carbocycles. The largest absolute Gasteiger partial charge is 0.481 e. The number of hydrogen-bond donors (Lipinski definition) is 3. The van der Waals surface area contributed by atoms with E-state index in [-0.39, 0.29) is 54.6 Å². The van der Waals surface area contributed by atoms with Crippen LogP contribution in [0.15, 0.2) is 35.7 Å². The van der Waals surface area contributed by atoms with Gasteiger partial charge in [0, 0.05) is 23.9 Å². The van der Waals surface area contributed by atoms with Crippen molar-refractivity contribution in [3.63, 3.8) is 0 Å². The lowest BCUT2D eigenvalue weighted by Gasteiger charge is -2.43. The van der Waals surface area contributed by atoms with Crippen LogP contribution in [0.3, 0.4) is 0 Å². The SMILES string of the molecule is [3H]c1ccc(CC(CC(C)C(=O)O)NC(=O)c2csc(C3CC(C(C)C)N(C(=O)C(NC(=O)C4CCCCN4C)C(C)CC)CO3)n2)cc1. The number of amides is 3. The Bertz CT molecular complexity index is 1440. The number of carbonyl (C=O) groups excluding carboxylic acids is 3. The average Bonchev–Trinajstić information content (AvgIpc) is 3.58. The molecule has 2 fully saturated rings. The number of nitrogens with one attached hydrogen (secondary N) is 2. The van der Waals surface area contributed by atoms with Crippen LogP contribution in [0.5, 0.6) is 0 Å². The molecule has 2 saturated heterocycles. The topological polar surface area (TPSA) is 141 Å². The van der Waals surface area contributed by atoms with Gasteiger partial charge in [0.05, 0.1) is 13.3 Å². The molecule has 4 rings (SSSR count). The first kappa shape index (κ1) is 35.9. The summed E-state index contributed by atoms with van der Waals surface area (Å²) in [5, 5.41) is 17.9. The van der Waals surface area contributed by atoms with E-state index in [1.54, 1.807) is 29.3 Å². The molecule has 12 heteroatoms. The summed E-state index contributed by atoms with van der Waals surface area (Å²) in [6, 6.07) is 5.82. The van der Waals surface area contributed by atoms with E-state index in [2.05, 4.69) is 34.4 Å². The van der Waals surface area contributed by atoms with Crippen LogP contribution < -0.4 is 10.6 Å². The predicted octanol–water partition coefficient (Wildman–Crippen LogP) is 4.88. The van der Waals surface area contributed by atoms with Gasteiger partial charge in [-0.05, 0) is 56.7 Å². The standard InChI is InChI=1S/C36H53N5O6S/c1-7-23(4)31(39-33(43)28-15-11-12-16-40(28)6)35(44)41-21-47-30(19-29(41)22(2)3)34-38-27(20-48-34)32(42)37-26(17-24(5)36(45)46)18-25-13-9-8-10-14-25/h8-10,13-14,20,22-24,26,28-31H,7,11-12,15-19,21H2,1-6H3,(H,37,42)(H,39,43)(H,45,46)/i8T. The summed E-state index contributed by atoms with van der Waals surface area (Å²) in [6.45, 7) is 10.7. The number of rotatable bonds is 14. The van der Waals surface area contributed by atoms with Gasteiger partial charge in [0.1, 0.15) is 29.6 Å². The molecule has 1 aromatic heterocycles. The molecule has 2 aliphatic heterocycles. The van der Waals surface area contributed by atoms with Crippen LogP contribution in [0.4, 0.5) is 0 Å². The van der Waals surface area contributed by atoms with Gasteiger partial charge in [-0.3, -0.25) is 24.1 Å². The number of piperidine rings is 1. The molecule has 0 spiro atoms. The number of nitrogens with zero attached hydrogens (tertiary/aromatic N) is 3. The second-order valence-corrected chi connectivity index (χ2v) is 14.7. The zero-order valence-corrected chi connectivity index (χ0v) is 29.9. The Morgan fingerprint density at radius 3 is 2.52 bits per heavy atom. The fraction of sp³-hybridized carbons (Fsp3) is 0.639. The normalized spacial score (nSPS) is 23.1. The Hall–Kier alpha value is -3.35. The highest BCUT2D eigenvalue weighted by molar-refractivity contribution is 7.09. The van der Waals surface area contributed by atoms with Gasteiger partial charge >= 0.3 is 5.97 Å². The van der Waals surface area contributed by atoms with Crippen LogP contribution in [-0.4, -0.2) is 88.1 Å². The number of carboxylic acid groups (broad SMARTS) is 1. The molecule has 0 radical (unpaired) electrons. The summed E-state index contributed by atoms with van der Waals surface area (Å²) in [5.41, 5.74) is 1.12. The lowest BCUT2D eigenvalue weighted by Crippen LogP contribution is -2.60. The van der Waals surface area contributed by atoms with Gasteiger partial charge in [0.2, 0.25) is 11.8 Å². The maximum atomic E-state index is 14.1. The predicted molar refractivity (Wildman–Crippen MR) is 185 cm³/mol. The molecule has 48 heavy (non-hydrogen) atoms. The van der Waals surface area contributed by atoms with Crippen molar-refractivity contribution in [3.8, 4) is 0 Å². The highest BCUT2D eigenvalue weighted by Crippen LogP contribution is 2.35. The second kappa shape index (κ2) is 17.3. The van der Waals surface area contributed by atoms with Crippen molar-refractivity contribution in [3.05, 3.63) is 52.0 Å². The summed E-state index contributed by atoms with van der Waals surface area (Å²) >= 11 is 1.32. The van der Waals surface area contributed by atoms with Gasteiger partial charge in [-0.15, -0.1) is 11.3 Å². The summed E-state index contributed by atoms with van der Waals surface area (Å²) in [4.78, 5) is 60.9. The van der Waals surface area contributed by atoms with Gasteiger partial charge < -0.3 is 25.4 Å². The number of thiazole rings is 1. The second-order valence-electron chi connectivity index (χ2n) is 13.8. The monoisotopic (exact) mass is 685 g/mol. The highest BCUT2D eigenvalue weighted by Gasteiger charge is 2.41. The zero-order chi connectivity index (χ0) is 35.8. The fourth-order valence-electron chi connectivity index (χ4n) is 6.59. The number of ether oxygens (including phenoxy) is 1. The van der Waals surface area contributed by atoms with Gasteiger partial charge in [-0.1, -0.05) is 77.8 Å². The maximum Gasteiger partial charge on any atom is 0.306 e. The average molecular weight is 686 g/mol. The molecule has 3 N–H and O–H groups in total. The molecule has 0 aliphatic carbocycles. The number of likely N-dealkylation sites (tertiary alicyclic amines) is 1. The van der Waals surface area contributed by atoms with Crippen molar-refractivity contribution in [2.24, 2.45) is 17.8 Å². The number of carboxylic acids is 1. The Morgan fingerprint density at radius 1 is 1.15 bits per heavy atom. The lowest BCUT2D eigenvalue weighted by molar-refractivity contribution is -0.162. The number of carbonyl (C=O) groups is 4. The van der Waals surface area contributed by atoms with E-state index in [0.29, 0.717) is 23.9 Å². The van der Waals surface area contributed by atoms with Crippen molar-refractivity contribution >= 4 is 35.0 Å². The minimum absolute atomic E-state index is 0.0475. The molecule has 7 unspecified atom stereocenters. The molecule has 264 valence electrons. The van der Waals surface area contributed by atoms with Crippen LogP contribution >= 0.6 is 11.3 Å². The minimum Gasteiger partial charge on any atom is -0.481 e. The Balaban J connectivity index is 1.44. The third kappa shape index (κ3) is 9.63. The Kier molecular flexibility index (Phi) is 13.0. The van der Waals surface area contributed by atoms with Crippen LogP contribution in [-0.2, 0) is 25.5 Å². The van der Waals surface area contributed by atoms with Gasteiger partial charge in [0.25, 0.3) is 5.91 Å². The number of likely N-dealkylation sites (N-methyl/N-ethyl adjacent to an activating group) is 1. The zero-order valence-electron chi connectivity index (χ0n) is 30.1. The number of aromatic nitrogens is 1. The van der Waals surface area contributed by atoms with E-state index < -0.39 is 36.0 Å². The minimum atomic E-state index is -0.937. The molecule has 7 atom stereocenters. The number of benzene rings is 1. The summed E-state index contributed by atoms with van der Waals surface area (Å²) in [6.07, 6.45) is 4.31. The molecule has 0 bridgehead atoms. The van der Waals surface area contributed by atoms with E-state index in [9.17, 15) is 24.3 Å². The third-order valence-electron chi connectivity index (χ3n) is 9.87. The van der Waals surface area contributed by atoms with Crippen molar-refractivity contribution in [2.75, 3.05) is 20.3 Å². The van der Waals surface area contributed by atoms with E-state index >= 15 is 0 Å². The molecule has 2 aromatic rings. The Morgan fingerprint density at radius 2 is 1.88 bits per heavy atom. The quantitative estimate of drug-likeness (QED) is 0.256. The molecule has 11 nitrogen and oxygen atoms in total. The van der Waals surface area contributed by atoms with Crippen LogP contribution in [0.2, 0.25) is 0 Å². The first-order valence-electron chi connectivity index (χ1n) is 17.8. The van der Waals surface area contributed by atoms with Crippen molar-refractivity contribution in [1.29, 1.82) is 0 Å². The number of hydrogen-bond acceptors (Lipinski definition) is 8. The van der Waals surface area contributed by atoms with E-state index in [1.165, 1.54) is 11.3 Å². The Labute approximate surface area is 290 Å². The van der Waals surface area contributed by atoms with Crippen molar-refractivity contribution in [2.45, 2.75) is 110 Å². The highest BCUT2D eigenvalue weighted by atomic mass is 32.1. The van der Waals surface area contributed by atoms with Crippen molar-refractivity contribution in [1.82, 2.24) is 25.4 Å². The molecular weight excluding hydrogens is 630 g/mol. The van der Waals surface area contributed by atoms with Crippen LogP contribution in [0, 0.1) is 17.8 Å². The summed E-state index contributed by atoms with van der Waals surface area (Å²) in [7, 11) is 1.96. The first-order chi connectivity index (χ1) is 23.3. The van der Waals surface area contributed by atoms with E-state index in [4.69, 9.17) is 6.11 Å². The van der Waals surface area contributed by atoms with E-state index in [0.717, 1.165) is 37.8 Å². The van der Waals surface area contributed by atoms with E-state index in [1.807, 2.05) is 33.0 Å². The lowest BCUT2D eigenvalue weighted by atomic mass is 9.91. The molecule has 3 amide bonds. The van der Waals surface area contributed by atoms with Gasteiger partial charge in [-0.2, -0.15) is 0 Å². The van der Waals surface area contributed by atoms with Gasteiger partial charge in [0.15, 0.2) is 0 Å². The van der Waals surface area contributed by atoms with Crippen molar-refractivity contribution < 1.29 is 30.4 Å². The smallest absolute Gasteiger partial charge is 0.306 e. The maximum absolute atomic E-state index is 14.1. The van der Waals surface area contributed by atoms with Crippen LogP contribution in [0.1, 0.15) is 102 Å². The van der Waals surface area contributed by atoms with Crippen LogP contribution in [0.25, 0.3) is 0 Å².